The number of carbonyl (C=O) groups excluding carboxylic acids is 1. The molecule has 4 heteroatoms. The van der Waals surface area contributed by atoms with E-state index in [1.165, 1.54) is 11.1 Å². The molecule has 1 fully saturated rings. The maximum Gasteiger partial charge on any atom is 0.314 e. The Balaban J connectivity index is 1.28. The van der Waals surface area contributed by atoms with Crippen LogP contribution in [0.25, 0.3) is 0 Å². The maximum absolute atomic E-state index is 11.9. The van der Waals surface area contributed by atoms with Crippen LogP contribution in [0.2, 0.25) is 0 Å². The Morgan fingerprint density at radius 3 is 2.15 bits per heavy atom. The third-order valence-electron chi connectivity index (χ3n) is 5.05. The minimum Gasteiger partial charge on any atom is -0.338 e. The van der Waals surface area contributed by atoms with Crippen molar-refractivity contribution in [2.45, 2.75) is 25.8 Å². The van der Waals surface area contributed by atoms with Crippen LogP contribution in [-0.2, 0) is 13.0 Å². The molecular weight excluding hydrogens is 322 g/mol. The second kappa shape index (κ2) is 9.97. The van der Waals surface area contributed by atoms with E-state index in [0.717, 1.165) is 45.4 Å². The lowest BCUT2D eigenvalue weighted by Gasteiger charge is -2.32. The minimum absolute atomic E-state index is 0.0485. The van der Waals surface area contributed by atoms with E-state index in [1.54, 1.807) is 0 Å². The number of benzene rings is 2. The molecule has 26 heavy (non-hydrogen) atoms. The van der Waals surface area contributed by atoms with E-state index in [9.17, 15) is 4.79 Å². The van der Waals surface area contributed by atoms with Gasteiger partial charge in [-0.25, -0.2) is 4.79 Å². The monoisotopic (exact) mass is 351 g/mol. The van der Waals surface area contributed by atoms with Crippen LogP contribution in [-0.4, -0.2) is 37.1 Å². The quantitative estimate of drug-likeness (QED) is 0.803. The van der Waals surface area contributed by atoms with Crippen LogP contribution in [0.1, 0.15) is 24.0 Å². The van der Waals surface area contributed by atoms with Gasteiger partial charge in [0.25, 0.3) is 0 Å². The smallest absolute Gasteiger partial charge is 0.314 e. The number of nitrogens with one attached hydrogen (secondary N) is 2. The number of urea groups is 1. The van der Waals surface area contributed by atoms with Gasteiger partial charge in [-0.3, -0.25) is 4.90 Å². The third-order valence-corrected chi connectivity index (χ3v) is 5.05. The second-order valence-corrected chi connectivity index (χ2v) is 7.08. The predicted molar refractivity (Wildman–Crippen MR) is 106 cm³/mol. The SMILES string of the molecule is O=C(NCCc1ccccc1)NCC1CCN(Cc2ccccc2)CC1. The second-order valence-electron chi connectivity index (χ2n) is 7.08. The molecule has 0 aliphatic carbocycles. The van der Waals surface area contributed by atoms with Crippen molar-refractivity contribution in [3.05, 3.63) is 71.8 Å². The van der Waals surface area contributed by atoms with Crippen molar-refractivity contribution in [1.82, 2.24) is 15.5 Å². The van der Waals surface area contributed by atoms with Crippen LogP contribution in [0, 0.1) is 5.92 Å². The average Bonchev–Trinajstić information content (AvgIpc) is 2.69. The Kier molecular flexibility index (Phi) is 7.08. The zero-order valence-electron chi connectivity index (χ0n) is 15.4. The summed E-state index contributed by atoms with van der Waals surface area (Å²) in [5.74, 6) is 0.585. The molecule has 4 nitrogen and oxygen atoms in total. The van der Waals surface area contributed by atoms with Crippen molar-refractivity contribution in [2.75, 3.05) is 26.2 Å². The first-order valence-corrected chi connectivity index (χ1v) is 9.61. The lowest BCUT2D eigenvalue weighted by atomic mass is 9.96. The fraction of sp³-hybridized carbons (Fsp3) is 0.409. The highest BCUT2D eigenvalue weighted by atomic mass is 16.2. The molecule has 0 atom stereocenters. The number of amides is 2. The van der Waals surface area contributed by atoms with Crippen LogP contribution in [0.15, 0.2) is 60.7 Å². The fourth-order valence-corrected chi connectivity index (χ4v) is 3.45. The molecule has 1 heterocycles. The molecule has 1 saturated heterocycles. The zero-order valence-corrected chi connectivity index (χ0v) is 15.4. The van der Waals surface area contributed by atoms with Gasteiger partial charge in [-0.15, -0.1) is 0 Å². The number of nitrogens with zero attached hydrogens (tertiary/aromatic N) is 1. The van der Waals surface area contributed by atoms with Gasteiger partial charge in [0.05, 0.1) is 0 Å². The van der Waals surface area contributed by atoms with Crippen molar-refractivity contribution < 1.29 is 4.79 Å². The average molecular weight is 351 g/mol. The van der Waals surface area contributed by atoms with Gasteiger partial charge >= 0.3 is 6.03 Å². The van der Waals surface area contributed by atoms with Crippen LogP contribution in [0.3, 0.4) is 0 Å². The van der Waals surface area contributed by atoms with Crippen molar-refractivity contribution >= 4 is 6.03 Å². The maximum atomic E-state index is 11.9. The van der Waals surface area contributed by atoms with E-state index >= 15 is 0 Å². The van der Waals surface area contributed by atoms with Gasteiger partial charge in [-0.05, 0) is 49.4 Å². The topological polar surface area (TPSA) is 44.4 Å². The van der Waals surface area contributed by atoms with Gasteiger partial charge in [0.1, 0.15) is 0 Å². The van der Waals surface area contributed by atoms with E-state index in [-0.39, 0.29) is 6.03 Å². The Bertz CT molecular complexity index is 652. The number of hydrogen-bond donors (Lipinski definition) is 2. The van der Waals surface area contributed by atoms with E-state index in [1.807, 2.05) is 18.2 Å². The lowest BCUT2D eigenvalue weighted by Crippen LogP contribution is -2.42. The fourth-order valence-electron chi connectivity index (χ4n) is 3.45. The Hall–Kier alpha value is -2.33. The van der Waals surface area contributed by atoms with Crippen molar-refractivity contribution in [2.24, 2.45) is 5.92 Å². The number of piperidine rings is 1. The summed E-state index contributed by atoms with van der Waals surface area (Å²) in [7, 11) is 0. The number of likely N-dealkylation sites (tertiary alicyclic amines) is 1. The predicted octanol–water partition coefficient (Wildman–Crippen LogP) is 3.44. The molecule has 0 saturated carbocycles. The highest BCUT2D eigenvalue weighted by Crippen LogP contribution is 2.18. The summed E-state index contributed by atoms with van der Waals surface area (Å²) in [4.78, 5) is 14.5. The molecule has 2 aromatic carbocycles. The first-order chi connectivity index (χ1) is 12.8. The van der Waals surface area contributed by atoms with Crippen molar-refractivity contribution in [3.63, 3.8) is 0 Å². The molecule has 0 radical (unpaired) electrons. The summed E-state index contributed by atoms with van der Waals surface area (Å²) in [5, 5.41) is 5.99. The van der Waals surface area contributed by atoms with Crippen LogP contribution in [0.4, 0.5) is 4.79 Å². The van der Waals surface area contributed by atoms with Crippen molar-refractivity contribution in [1.29, 1.82) is 0 Å². The van der Waals surface area contributed by atoms with E-state index < -0.39 is 0 Å². The van der Waals surface area contributed by atoms with Gasteiger partial charge in [0, 0.05) is 19.6 Å². The van der Waals surface area contributed by atoms with E-state index in [0.29, 0.717) is 12.5 Å². The Labute approximate surface area is 156 Å². The molecule has 3 rings (SSSR count). The Morgan fingerprint density at radius 1 is 0.885 bits per heavy atom. The molecule has 1 aliphatic heterocycles. The molecule has 0 bridgehead atoms. The van der Waals surface area contributed by atoms with Gasteiger partial charge < -0.3 is 10.6 Å². The largest absolute Gasteiger partial charge is 0.338 e. The molecule has 0 unspecified atom stereocenters. The summed E-state index contributed by atoms with van der Waals surface area (Å²) < 4.78 is 0. The molecule has 1 aliphatic rings. The molecule has 0 aromatic heterocycles. The summed E-state index contributed by atoms with van der Waals surface area (Å²) >= 11 is 0. The van der Waals surface area contributed by atoms with Gasteiger partial charge in [-0.2, -0.15) is 0 Å². The van der Waals surface area contributed by atoms with Gasteiger partial charge in [0.15, 0.2) is 0 Å². The van der Waals surface area contributed by atoms with Crippen LogP contribution >= 0.6 is 0 Å². The number of hydrogen-bond acceptors (Lipinski definition) is 2. The molecule has 138 valence electrons. The summed E-state index contributed by atoms with van der Waals surface area (Å²) in [5.41, 5.74) is 2.63. The van der Waals surface area contributed by atoms with Crippen LogP contribution < -0.4 is 10.6 Å². The lowest BCUT2D eigenvalue weighted by molar-refractivity contribution is 0.175. The molecule has 2 aromatic rings. The zero-order chi connectivity index (χ0) is 18.0. The Morgan fingerprint density at radius 2 is 1.50 bits per heavy atom. The van der Waals surface area contributed by atoms with Crippen molar-refractivity contribution in [3.8, 4) is 0 Å². The highest BCUT2D eigenvalue weighted by Gasteiger charge is 2.19. The number of carbonyl (C=O) groups is 1. The normalized spacial score (nSPS) is 15.5. The summed E-state index contributed by atoms with van der Waals surface area (Å²) in [6.07, 6.45) is 3.17. The third kappa shape index (κ3) is 6.19. The van der Waals surface area contributed by atoms with E-state index in [2.05, 4.69) is 58.0 Å². The van der Waals surface area contributed by atoms with Gasteiger partial charge in [0.2, 0.25) is 0 Å². The molecule has 2 N–H and O–H groups in total. The van der Waals surface area contributed by atoms with E-state index in [4.69, 9.17) is 0 Å². The first kappa shape index (κ1) is 18.5. The standard InChI is InChI=1S/C22H29N3O/c26-22(23-14-11-19-7-3-1-4-8-19)24-17-20-12-15-25(16-13-20)18-21-9-5-2-6-10-21/h1-10,20H,11-18H2,(H2,23,24,26). The molecule has 0 spiro atoms. The first-order valence-electron chi connectivity index (χ1n) is 9.61. The van der Waals surface area contributed by atoms with Gasteiger partial charge in [-0.1, -0.05) is 60.7 Å². The van der Waals surface area contributed by atoms with Crippen LogP contribution in [0.5, 0.6) is 0 Å². The highest BCUT2D eigenvalue weighted by molar-refractivity contribution is 5.73. The number of rotatable bonds is 7. The summed E-state index contributed by atoms with van der Waals surface area (Å²) in [6, 6.07) is 20.8. The minimum atomic E-state index is -0.0485. The molecule has 2 amide bonds. The summed E-state index contributed by atoms with van der Waals surface area (Å²) in [6.45, 7) is 4.69. The molecular formula is C22H29N3O.